The van der Waals surface area contributed by atoms with Crippen molar-refractivity contribution in [1.29, 1.82) is 0 Å². The Labute approximate surface area is 108 Å². The standard InChI is InChI=1S/C10H22N4O3S/c1-3-4-10(2,11)9(15)13-5-7-14(8-6-13)18(12,16)17/h3-8,11H2,1-2H3,(H2,12,16,17). The molecule has 7 nitrogen and oxygen atoms in total. The Hall–Kier alpha value is -0.700. The third-order valence-electron chi connectivity index (χ3n) is 3.14. The number of carbonyl (C=O) groups excluding carboxylic acids is 1. The second-order valence-corrected chi connectivity index (χ2v) is 6.45. The van der Waals surface area contributed by atoms with E-state index < -0.39 is 15.7 Å². The Bertz CT molecular complexity index is 399. The van der Waals surface area contributed by atoms with Gasteiger partial charge in [-0.1, -0.05) is 13.3 Å². The first-order chi connectivity index (χ1) is 8.18. The summed E-state index contributed by atoms with van der Waals surface area (Å²) in [5.74, 6) is -0.126. The minimum atomic E-state index is -3.66. The molecule has 1 fully saturated rings. The van der Waals surface area contributed by atoms with E-state index in [4.69, 9.17) is 10.9 Å². The highest BCUT2D eigenvalue weighted by Crippen LogP contribution is 2.15. The van der Waals surface area contributed by atoms with Gasteiger partial charge in [-0.25, -0.2) is 5.14 Å². The number of amides is 1. The van der Waals surface area contributed by atoms with Crippen LogP contribution in [0.1, 0.15) is 26.7 Å². The molecule has 1 atom stereocenters. The summed E-state index contributed by atoms with van der Waals surface area (Å²) in [4.78, 5) is 13.8. The molecule has 0 bridgehead atoms. The lowest BCUT2D eigenvalue weighted by Gasteiger charge is -2.37. The van der Waals surface area contributed by atoms with E-state index >= 15 is 0 Å². The Morgan fingerprint density at radius 3 is 2.17 bits per heavy atom. The van der Waals surface area contributed by atoms with Crippen LogP contribution in [0.3, 0.4) is 0 Å². The Kier molecular flexibility index (Phi) is 4.71. The number of carbonyl (C=O) groups is 1. The minimum Gasteiger partial charge on any atom is -0.338 e. The molecule has 18 heavy (non-hydrogen) atoms. The quantitative estimate of drug-likeness (QED) is 0.676. The highest BCUT2D eigenvalue weighted by Gasteiger charge is 2.34. The minimum absolute atomic E-state index is 0.126. The van der Waals surface area contributed by atoms with Crippen LogP contribution in [0.5, 0.6) is 0 Å². The predicted molar refractivity (Wildman–Crippen MR) is 68.8 cm³/mol. The van der Waals surface area contributed by atoms with E-state index in [-0.39, 0.29) is 19.0 Å². The number of nitrogens with two attached hydrogens (primary N) is 2. The van der Waals surface area contributed by atoms with E-state index in [1.165, 1.54) is 4.31 Å². The zero-order valence-electron chi connectivity index (χ0n) is 10.9. The Morgan fingerprint density at radius 2 is 1.78 bits per heavy atom. The van der Waals surface area contributed by atoms with Gasteiger partial charge < -0.3 is 10.6 Å². The molecule has 0 radical (unpaired) electrons. The van der Waals surface area contributed by atoms with Crippen molar-refractivity contribution in [3.05, 3.63) is 0 Å². The van der Waals surface area contributed by atoms with Gasteiger partial charge in [-0.15, -0.1) is 0 Å². The third kappa shape index (κ3) is 3.64. The highest BCUT2D eigenvalue weighted by molar-refractivity contribution is 7.86. The Morgan fingerprint density at radius 1 is 1.28 bits per heavy atom. The van der Waals surface area contributed by atoms with Crippen LogP contribution < -0.4 is 10.9 Å². The molecular weight excluding hydrogens is 256 g/mol. The average molecular weight is 278 g/mol. The van der Waals surface area contributed by atoms with E-state index in [2.05, 4.69) is 0 Å². The van der Waals surface area contributed by atoms with Crippen molar-refractivity contribution in [2.24, 2.45) is 10.9 Å². The molecule has 0 aromatic carbocycles. The monoisotopic (exact) mass is 278 g/mol. The second kappa shape index (κ2) is 5.52. The van der Waals surface area contributed by atoms with Crippen molar-refractivity contribution in [3.8, 4) is 0 Å². The topological polar surface area (TPSA) is 110 Å². The maximum atomic E-state index is 12.2. The molecule has 4 N–H and O–H groups in total. The van der Waals surface area contributed by atoms with Crippen molar-refractivity contribution < 1.29 is 13.2 Å². The number of hydrogen-bond donors (Lipinski definition) is 2. The maximum Gasteiger partial charge on any atom is 0.277 e. The lowest BCUT2D eigenvalue weighted by molar-refractivity contribution is -0.137. The molecule has 106 valence electrons. The number of piperazine rings is 1. The predicted octanol–water partition coefficient (Wildman–Crippen LogP) is -1.15. The molecule has 0 spiro atoms. The molecule has 0 aromatic rings. The van der Waals surface area contributed by atoms with Crippen LogP contribution in [0.2, 0.25) is 0 Å². The maximum absolute atomic E-state index is 12.2. The van der Waals surface area contributed by atoms with Crippen LogP contribution in [-0.2, 0) is 15.0 Å². The molecule has 1 heterocycles. The third-order valence-corrected chi connectivity index (χ3v) is 4.23. The van der Waals surface area contributed by atoms with Crippen LogP contribution in [0.4, 0.5) is 0 Å². The van der Waals surface area contributed by atoms with Gasteiger partial charge in [0.15, 0.2) is 0 Å². The molecule has 0 aromatic heterocycles. The molecule has 8 heteroatoms. The summed E-state index contributed by atoms with van der Waals surface area (Å²) in [6.45, 7) is 4.82. The summed E-state index contributed by atoms with van der Waals surface area (Å²) in [5, 5.41) is 5.04. The fourth-order valence-electron chi connectivity index (χ4n) is 2.13. The number of rotatable bonds is 4. The van der Waals surface area contributed by atoms with Crippen molar-refractivity contribution in [3.63, 3.8) is 0 Å². The first-order valence-electron chi connectivity index (χ1n) is 6.04. The fraction of sp³-hybridized carbons (Fsp3) is 0.900. The summed E-state index contributed by atoms with van der Waals surface area (Å²) < 4.78 is 23.4. The Balaban J connectivity index is 2.61. The van der Waals surface area contributed by atoms with E-state index in [9.17, 15) is 13.2 Å². The highest BCUT2D eigenvalue weighted by atomic mass is 32.2. The van der Waals surface area contributed by atoms with Crippen LogP contribution in [0, 0.1) is 0 Å². The summed E-state index contributed by atoms with van der Waals surface area (Å²) in [6, 6.07) is 0. The first kappa shape index (κ1) is 15.4. The lowest BCUT2D eigenvalue weighted by atomic mass is 9.95. The SMILES string of the molecule is CCCC(C)(N)C(=O)N1CCN(S(N)(=O)=O)CC1. The van der Waals surface area contributed by atoms with Gasteiger partial charge in [0, 0.05) is 26.2 Å². The zero-order valence-corrected chi connectivity index (χ0v) is 11.7. The summed E-state index contributed by atoms with van der Waals surface area (Å²) in [7, 11) is -3.66. The summed E-state index contributed by atoms with van der Waals surface area (Å²) >= 11 is 0. The molecular formula is C10H22N4O3S. The van der Waals surface area contributed by atoms with Crippen LogP contribution in [-0.4, -0.2) is 55.2 Å². The van der Waals surface area contributed by atoms with E-state index in [0.717, 1.165) is 6.42 Å². The number of nitrogens with zero attached hydrogens (tertiary/aromatic N) is 2. The van der Waals surface area contributed by atoms with Crippen molar-refractivity contribution >= 4 is 16.1 Å². The van der Waals surface area contributed by atoms with Gasteiger partial charge in [0.1, 0.15) is 0 Å². The van der Waals surface area contributed by atoms with Crippen LogP contribution in [0.25, 0.3) is 0 Å². The fourth-order valence-corrected chi connectivity index (χ4v) is 2.81. The van der Waals surface area contributed by atoms with Gasteiger partial charge in [-0.05, 0) is 13.3 Å². The van der Waals surface area contributed by atoms with Gasteiger partial charge in [0.2, 0.25) is 5.91 Å². The average Bonchev–Trinajstić information content (AvgIpc) is 2.27. The normalized spacial score (nSPS) is 21.7. The van der Waals surface area contributed by atoms with Gasteiger partial charge in [0.25, 0.3) is 10.2 Å². The molecule has 1 saturated heterocycles. The van der Waals surface area contributed by atoms with E-state index in [1.807, 2.05) is 6.92 Å². The first-order valence-corrected chi connectivity index (χ1v) is 7.55. The van der Waals surface area contributed by atoms with Gasteiger partial charge in [-0.2, -0.15) is 12.7 Å². The molecule has 1 rings (SSSR count). The van der Waals surface area contributed by atoms with Crippen molar-refractivity contribution in [1.82, 2.24) is 9.21 Å². The number of hydrogen-bond acceptors (Lipinski definition) is 4. The zero-order chi connectivity index (χ0) is 14.0. The van der Waals surface area contributed by atoms with Crippen molar-refractivity contribution in [2.45, 2.75) is 32.2 Å². The summed E-state index contributed by atoms with van der Waals surface area (Å²) in [6.07, 6.45) is 1.44. The van der Waals surface area contributed by atoms with Crippen molar-refractivity contribution in [2.75, 3.05) is 26.2 Å². The molecule has 1 amide bonds. The lowest BCUT2D eigenvalue weighted by Crippen LogP contribution is -2.59. The van der Waals surface area contributed by atoms with E-state index in [0.29, 0.717) is 19.5 Å². The van der Waals surface area contributed by atoms with Gasteiger partial charge in [-0.3, -0.25) is 4.79 Å². The molecule has 0 saturated carbocycles. The largest absolute Gasteiger partial charge is 0.338 e. The van der Waals surface area contributed by atoms with Gasteiger partial charge in [0.05, 0.1) is 5.54 Å². The van der Waals surface area contributed by atoms with Crippen LogP contribution in [0.15, 0.2) is 0 Å². The van der Waals surface area contributed by atoms with Gasteiger partial charge >= 0.3 is 0 Å². The van der Waals surface area contributed by atoms with E-state index in [1.54, 1.807) is 11.8 Å². The van der Waals surface area contributed by atoms with Crippen LogP contribution >= 0.6 is 0 Å². The molecule has 1 aliphatic rings. The molecule has 1 aliphatic heterocycles. The molecule has 0 aliphatic carbocycles. The molecule has 1 unspecified atom stereocenters. The summed E-state index contributed by atoms with van der Waals surface area (Å²) in [5.41, 5.74) is 5.10. The smallest absolute Gasteiger partial charge is 0.277 e. The second-order valence-electron chi connectivity index (χ2n) is 4.90.